The molecule has 0 N–H and O–H groups in total. The summed E-state index contributed by atoms with van der Waals surface area (Å²) < 4.78 is 15.1. The van der Waals surface area contributed by atoms with E-state index >= 15 is 0 Å². The number of carbonyl (C=O) groups excluding carboxylic acids is 9. The molecule has 41 heavy (non-hydrogen) atoms. The monoisotopic (exact) mass is 614 g/mol. The number of carbonyl (C=O) groups is 5. The molecule has 0 radical (unpaired) electrons. The van der Waals surface area contributed by atoms with Gasteiger partial charge in [-0.3, -0.25) is 24.0 Å². The van der Waals surface area contributed by atoms with Gasteiger partial charge < -0.3 is 26.6 Å². The minimum absolute atomic E-state index is 0. The van der Waals surface area contributed by atoms with Gasteiger partial charge in [-0.15, -0.1) is 0 Å². The molecule has 2 fully saturated rings. The zero-order chi connectivity index (χ0) is 30.5. The second kappa shape index (κ2) is 25.5. The Balaban J connectivity index is -0.000000275. The maximum Gasteiger partial charge on any atom is 1.00 e. The summed E-state index contributed by atoms with van der Waals surface area (Å²) in [5.74, 6) is -1.62. The van der Waals surface area contributed by atoms with Gasteiger partial charge in [0.25, 0.3) is 0 Å². The van der Waals surface area contributed by atoms with Crippen molar-refractivity contribution in [2.24, 2.45) is 16.7 Å². The number of esters is 3. The number of halogens is 1. The van der Waals surface area contributed by atoms with E-state index < -0.39 is 17.3 Å². The van der Waals surface area contributed by atoms with E-state index in [1.54, 1.807) is 13.8 Å². The average Bonchev–Trinajstić information content (AvgIpc) is 2.91. The van der Waals surface area contributed by atoms with Crippen LogP contribution in [0.15, 0.2) is 0 Å². The van der Waals surface area contributed by atoms with Crippen LogP contribution >= 0.6 is 0 Å². The van der Waals surface area contributed by atoms with Crippen LogP contribution in [0.25, 0.3) is 0 Å². The molecule has 0 spiro atoms. The summed E-state index contributed by atoms with van der Waals surface area (Å²) in [6, 6.07) is 0. The molecule has 0 aromatic heterocycles. The van der Waals surface area contributed by atoms with Gasteiger partial charge in [0.05, 0.1) is 30.7 Å². The first kappa shape index (κ1) is 45.8. The zero-order valence-corrected chi connectivity index (χ0v) is 27.6. The van der Waals surface area contributed by atoms with Crippen molar-refractivity contribution in [2.45, 2.75) is 92.4 Å². The fraction of sp³-hybridized carbons (Fsp3) is 0.741. The normalized spacial score (nSPS) is 19.9. The maximum absolute atomic E-state index is 12.1. The Kier molecular flexibility index (Phi) is 28.5. The largest absolute Gasteiger partial charge is 1.00 e. The zero-order valence-electron chi connectivity index (χ0n) is 24.8. The van der Waals surface area contributed by atoms with Gasteiger partial charge in [-0.05, 0) is 59.3 Å². The molecule has 2 rings (SSSR count). The van der Waals surface area contributed by atoms with Crippen molar-refractivity contribution in [2.75, 3.05) is 19.8 Å². The summed E-state index contributed by atoms with van der Waals surface area (Å²) in [6.07, 6.45) is 5.14. The summed E-state index contributed by atoms with van der Waals surface area (Å²) in [6.45, 7) is 10.1. The molecule has 2 saturated carbocycles. The van der Waals surface area contributed by atoms with Gasteiger partial charge in [0, 0.05) is 19.3 Å². The summed E-state index contributed by atoms with van der Waals surface area (Å²) in [7, 11) is 0. The molecule has 0 saturated heterocycles. The van der Waals surface area contributed by atoms with Gasteiger partial charge in [0.2, 0.25) is 0 Å². The van der Waals surface area contributed by atoms with Crippen LogP contribution in [-0.2, 0) is 57.4 Å². The van der Waals surface area contributed by atoms with Gasteiger partial charge in [-0.2, -0.15) is 19.2 Å². The Morgan fingerprint density at radius 3 is 1.44 bits per heavy atom. The van der Waals surface area contributed by atoms with Crippen molar-refractivity contribution < 1.29 is 99.3 Å². The molecule has 2 aliphatic carbocycles. The van der Waals surface area contributed by atoms with Crippen molar-refractivity contribution in [1.82, 2.24) is 0 Å². The van der Waals surface area contributed by atoms with Crippen molar-refractivity contribution in [3.05, 3.63) is 0 Å². The van der Waals surface area contributed by atoms with Gasteiger partial charge in [-0.1, -0.05) is 13.8 Å². The van der Waals surface area contributed by atoms with Gasteiger partial charge in [-0.25, -0.2) is 0 Å². The SMILES string of the molecule is CCOC(=O)C1(CC)CCC(=O)CC1.CCOC(=O)C1CC(CC)(C(=O)OCC)CCC1=O.O=C=O.O=C=O.[Cl-].[Na+]. The van der Waals surface area contributed by atoms with Gasteiger partial charge in [0.1, 0.15) is 17.5 Å². The molecular formula is C27H40ClNaO12. The second-order valence-corrected chi connectivity index (χ2v) is 8.89. The number of hydrogen-bond acceptors (Lipinski definition) is 12. The fourth-order valence-electron chi connectivity index (χ4n) is 4.53. The summed E-state index contributed by atoms with van der Waals surface area (Å²) in [5.41, 5.74) is -1.09. The fourth-order valence-corrected chi connectivity index (χ4v) is 4.53. The molecule has 2 unspecified atom stereocenters. The molecule has 0 heterocycles. The summed E-state index contributed by atoms with van der Waals surface area (Å²) in [4.78, 5) is 91.1. The van der Waals surface area contributed by atoms with Crippen molar-refractivity contribution in [1.29, 1.82) is 0 Å². The van der Waals surface area contributed by atoms with Crippen LogP contribution in [0.1, 0.15) is 92.4 Å². The topological polar surface area (TPSA) is 181 Å². The second-order valence-electron chi connectivity index (χ2n) is 8.89. The van der Waals surface area contributed by atoms with E-state index in [9.17, 15) is 24.0 Å². The smallest absolute Gasteiger partial charge is 1.00 e. The Hall–Kier alpha value is -2.20. The number of hydrogen-bond donors (Lipinski definition) is 0. The molecule has 228 valence electrons. The molecule has 2 atom stereocenters. The average molecular weight is 615 g/mol. The Labute approximate surface area is 269 Å². The van der Waals surface area contributed by atoms with Crippen molar-refractivity contribution in [3.63, 3.8) is 0 Å². The van der Waals surface area contributed by atoms with E-state index in [2.05, 4.69) is 0 Å². The Bertz CT molecular complexity index is 873. The standard InChI is InChI=1S/C14H22O5.C11H18O3.2CO2.ClH.Na/c1-4-14(13(17)19-6-3)8-7-11(15)10(9-14)12(16)18-5-2;1-3-11(10(13)14-4-2)7-5-9(12)6-8-11;2*2-1-3;;/h10H,4-9H2,1-3H3;3-8H2,1-2H3;;;1H;/q;;;;;+1/p-1. The van der Waals surface area contributed by atoms with Crippen LogP contribution in [0, 0.1) is 16.7 Å². The van der Waals surface area contributed by atoms with Crippen LogP contribution in [0.4, 0.5) is 0 Å². The predicted octanol–water partition coefficient (Wildman–Crippen LogP) is -3.19. The molecule has 0 amide bonds. The van der Waals surface area contributed by atoms with Crippen molar-refractivity contribution in [3.8, 4) is 0 Å². The number of Topliss-reactive ketones (excluding diaryl/α,β-unsaturated/α-hetero) is 2. The molecule has 14 heteroatoms. The quantitative estimate of drug-likeness (QED) is 0.116. The Morgan fingerprint density at radius 1 is 0.707 bits per heavy atom. The van der Waals surface area contributed by atoms with E-state index in [4.69, 9.17) is 33.4 Å². The third kappa shape index (κ3) is 15.6. The molecule has 0 aliphatic heterocycles. The van der Waals surface area contributed by atoms with Crippen LogP contribution in [0.3, 0.4) is 0 Å². The van der Waals surface area contributed by atoms with Gasteiger partial charge >= 0.3 is 59.8 Å². The van der Waals surface area contributed by atoms with E-state index in [1.807, 2.05) is 20.8 Å². The first-order valence-corrected chi connectivity index (χ1v) is 13.0. The first-order valence-electron chi connectivity index (χ1n) is 13.0. The molecular weight excluding hydrogens is 575 g/mol. The minimum atomic E-state index is -0.821. The number of ketones is 2. The summed E-state index contributed by atoms with van der Waals surface area (Å²) in [5, 5.41) is 0. The van der Waals surface area contributed by atoms with E-state index in [-0.39, 0.29) is 103 Å². The Morgan fingerprint density at radius 2 is 1.07 bits per heavy atom. The molecule has 0 bridgehead atoms. The van der Waals surface area contributed by atoms with Gasteiger partial charge in [0.15, 0.2) is 0 Å². The van der Waals surface area contributed by atoms with Crippen LogP contribution in [-0.4, -0.2) is 61.6 Å². The molecule has 0 aromatic carbocycles. The maximum atomic E-state index is 12.1. The molecule has 12 nitrogen and oxygen atoms in total. The van der Waals surface area contributed by atoms with Crippen LogP contribution in [0.2, 0.25) is 0 Å². The number of rotatable bonds is 8. The minimum Gasteiger partial charge on any atom is -1.00 e. The predicted molar refractivity (Wildman–Crippen MR) is 131 cm³/mol. The van der Waals surface area contributed by atoms with E-state index in [0.717, 1.165) is 6.42 Å². The third-order valence-corrected chi connectivity index (χ3v) is 6.94. The number of ether oxygens (including phenoxy) is 3. The van der Waals surface area contributed by atoms with Crippen LogP contribution in [0.5, 0.6) is 0 Å². The van der Waals surface area contributed by atoms with E-state index in [0.29, 0.717) is 51.7 Å². The first-order chi connectivity index (χ1) is 18.5. The van der Waals surface area contributed by atoms with Crippen LogP contribution < -0.4 is 42.0 Å². The molecule has 2 aliphatic rings. The van der Waals surface area contributed by atoms with Crippen molar-refractivity contribution >= 4 is 41.8 Å². The third-order valence-electron chi connectivity index (χ3n) is 6.94. The summed E-state index contributed by atoms with van der Waals surface area (Å²) >= 11 is 0. The molecule has 0 aromatic rings. The van der Waals surface area contributed by atoms with E-state index in [1.165, 1.54) is 0 Å².